The maximum atomic E-state index is 12.9. The Labute approximate surface area is 104 Å². The lowest BCUT2D eigenvalue weighted by atomic mass is 10.2. The Morgan fingerprint density at radius 2 is 2.06 bits per heavy atom. The van der Waals surface area contributed by atoms with E-state index in [1.54, 1.807) is 0 Å². The van der Waals surface area contributed by atoms with Gasteiger partial charge in [0.1, 0.15) is 11.9 Å². The molecule has 7 heteroatoms. The highest BCUT2D eigenvalue weighted by atomic mass is 79.9. The Hall–Kier alpha value is -1.08. The van der Waals surface area contributed by atoms with Crippen LogP contribution in [0.15, 0.2) is 22.7 Å². The lowest BCUT2D eigenvalue weighted by Crippen LogP contribution is -2.35. The molecule has 0 bridgehead atoms. The molecule has 0 saturated heterocycles. The van der Waals surface area contributed by atoms with Gasteiger partial charge in [-0.2, -0.15) is 0 Å². The highest BCUT2D eigenvalue weighted by Crippen LogP contribution is 2.14. The molecule has 2 N–H and O–H groups in total. The maximum absolute atomic E-state index is 12.9. The van der Waals surface area contributed by atoms with Gasteiger partial charge in [0.25, 0.3) is 12.3 Å². The number of alkyl halides is 2. The van der Waals surface area contributed by atoms with Gasteiger partial charge in [0.05, 0.1) is 0 Å². The number of halogens is 4. The van der Waals surface area contributed by atoms with Crippen LogP contribution in [0.25, 0.3) is 0 Å². The van der Waals surface area contributed by atoms with Crippen LogP contribution >= 0.6 is 15.9 Å². The van der Waals surface area contributed by atoms with Crippen molar-refractivity contribution in [2.24, 2.45) is 0 Å². The number of aliphatic hydroxyl groups is 1. The van der Waals surface area contributed by atoms with E-state index in [9.17, 15) is 18.0 Å². The van der Waals surface area contributed by atoms with Crippen molar-refractivity contribution in [1.29, 1.82) is 0 Å². The minimum absolute atomic E-state index is 0.0154. The molecule has 3 nitrogen and oxygen atoms in total. The monoisotopic (exact) mass is 311 g/mol. The Morgan fingerprint density at radius 3 is 2.59 bits per heavy atom. The molecule has 0 aliphatic carbocycles. The van der Waals surface area contributed by atoms with Gasteiger partial charge >= 0.3 is 0 Å². The summed E-state index contributed by atoms with van der Waals surface area (Å²) in [5.74, 6) is -1.36. The molecule has 1 amide bonds. The summed E-state index contributed by atoms with van der Waals surface area (Å²) in [7, 11) is 0. The molecule has 1 rings (SSSR count). The van der Waals surface area contributed by atoms with Crippen molar-refractivity contribution in [3.8, 4) is 0 Å². The minimum atomic E-state index is -2.94. The Balaban J connectivity index is 2.64. The van der Waals surface area contributed by atoms with E-state index >= 15 is 0 Å². The van der Waals surface area contributed by atoms with Crippen molar-refractivity contribution in [1.82, 2.24) is 5.32 Å². The van der Waals surface area contributed by atoms with E-state index in [1.807, 2.05) is 0 Å². The second kappa shape index (κ2) is 6.02. The first-order chi connectivity index (χ1) is 7.90. The van der Waals surface area contributed by atoms with Crippen LogP contribution in [0.2, 0.25) is 0 Å². The molecule has 0 aromatic heterocycles. The third kappa shape index (κ3) is 4.35. The molecule has 0 fully saturated rings. The van der Waals surface area contributed by atoms with Crippen molar-refractivity contribution in [2.75, 3.05) is 6.54 Å². The van der Waals surface area contributed by atoms with Gasteiger partial charge in [0.2, 0.25) is 0 Å². The van der Waals surface area contributed by atoms with Crippen molar-refractivity contribution >= 4 is 21.8 Å². The van der Waals surface area contributed by atoms with Crippen molar-refractivity contribution in [3.63, 3.8) is 0 Å². The van der Waals surface area contributed by atoms with E-state index < -0.39 is 30.8 Å². The summed E-state index contributed by atoms with van der Waals surface area (Å²) in [6.45, 7) is -0.593. The minimum Gasteiger partial charge on any atom is -0.385 e. The summed E-state index contributed by atoms with van der Waals surface area (Å²) in [4.78, 5) is 11.4. The van der Waals surface area contributed by atoms with Crippen LogP contribution in [0, 0.1) is 5.82 Å². The fourth-order valence-electron chi connectivity index (χ4n) is 1.07. The molecular formula is C10H9BrF3NO2. The van der Waals surface area contributed by atoms with E-state index in [-0.39, 0.29) is 5.56 Å². The van der Waals surface area contributed by atoms with Crippen molar-refractivity contribution in [3.05, 3.63) is 34.1 Å². The van der Waals surface area contributed by atoms with E-state index in [4.69, 9.17) is 5.11 Å². The van der Waals surface area contributed by atoms with Crippen LogP contribution in [0.4, 0.5) is 13.2 Å². The van der Waals surface area contributed by atoms with Gasteiger partial charge < -0.3 is 10.4 Å². The number of hydrogen-bond donors (Lipinski definition) is 2. The highest BCUT2D eigenvalue weighted by molar-refractivity contribution is 9.10. The number of rotatable bonds is 4. The molecule has 0 aliphatic rings. The molecule has 17 heavy (non-hydrogen) atoms. The first-order valence-corrected chi connectivity index (χ1v) is 5.40. The second-order valence-electron chi connectivity index (χ2n) is 3.27. The topological polar surface area (TPSA) is 49.3 Å². The van der Waals surface area contributed by atoms with Gasteiger partial charge in [-0.25, -0.2) is 13.2 Å². The first-order valence-electron chi connectivity index (χ1n) is 4.60. The van der Waals surface area contributed by atoms with Crippen molar-refractivity contribution < 1.29 is 23.1 Å². The predicted molar refractivity (Wildman–Crippen MR) is 58.4 cm³/mol. The summed E-state index contributed by atoms with van der Waals surface area (Å²) in [6, 6.07) is 3.47. The van der Waals surface area contributed by atoms with E-state index in [0.29, 0.717) is 4.47 Å². The number of benzene rings is 1. The number of nitrogens with one attached hydrogen (secondary N) is 1. The van der Waals surface area contributed by atoms with Crippen LogP contribution in [0.3, 0.4) is 0 Å². The van der Waals surface area contributed by atoms with Gasteiger partial charge in [-0.05, 0) is 18.2 Å². The zero-order chi connectivity index (χ0) is 13.0. The molecule has 1 unspecified atom stereocenters. The number of carbonyl (C=O) groups is 1. The zero-order valence-corrected chi connectivity index (χ0v) is 10.0. The maximum Gasteiger partial charge on any atom is 0.265 e. The summed E-state index contributed by atoms with van der Waals surface area (Å²) in [5, 5.41) is 10.9. The Bertz CT molecular complexity index is 394. The van der Waals surface area contributed by atoms with Crippen molar-refractivity contribution in [2.45, 2.75) is 12.5 Å². The molecule has 1 aromatic rings. The second-order valence-corrected chi connectivity index (χ2v) is 4.19. The zero-order valence-electron chi connectivity index (χ0n) is 8.46. The van der Waals surface area contributed by atoms with Crippen LogP contribution < -0.4 is 5.32 Å². The lowest BCUT2D eigenvalue weighted by molar-refractivity contribution is -0.00270. The smallest absolute Gasteiger partial charge is 0.265 e. The summed E-state index contributed by atoms with van der Waals surface area (Å²) in [6.07, 6.45) is -4.87. The van der Waals surface area contributed by atoms with Crippen LogP contribution in [0.1, 0.15) is 10.4 Å². The third-order valence-corrected chi connectivity index (χ3v) is 2.35. The highest BCUT2D eigenvalue weighted by Gasteiger charge is 2.18. The largest absolute Gasteiger partial charge is 0.385 e. The van der Waals surface area contributed by atoms with Gasteiger partial charge in [-0.15, -0.1) is 0 Å². The third-order valence-electron chi connectivity index (χ3n) is 1.89. The normalized spacial score (nSPS) is 12.6. The standard InChI is InChI=1S/C10H9BrF3NO2/c11-6-1-5(2-7(12)3-6)10(17)15-4-8(16)9(13)14/h1-3,8-9,16H,4H2,(H,15,17). The Morgan fingerprint density at radius 1 is 1.41 bits per heavy atom. The van der Waals surface area contributed by atoms with Gasteiger partial charge in [0, 0.05) is 16.6 Å². The summed E-state index contributed by atoms with van der Waals surface area (Å²) >= 11 is 3.00. The summed E-state index contributed by atoms with van der Waals surface area (Å²) < 4.78 is 37.2. The number of aliphatic hydroxyl groups excluding tert-OH is 1. The molecule has 1 aromatic carbocycles. The predicted octanol–water partition coefficient (Wildman–Crippen LogP) is 1.94. The molecule has 0 heterocycles. The van der Waals surface area contributed by atoms with E-state index in [1.165, 1.54) is 6.07 Å². The quantitative estimate of drug-likeness (QED) is 0.893. The molecule has 0 spiro atoms. The van der Waals surface area contributed by atoms with Crippen LogP contribution in [0.5, 0.6) is 0 Å². The number of carbonyl (C=O) groups excluding carboxylic acids is 1. The fraction of sp³-hybridized carbons (Fsp3) is 0.300. The van der Waals surface area contributed by atoms with E-state index in [2.05, 4.69) is 21.2 Å². The first kappa shape index (κ1) is 14.0. The lowest BCUT2D eigenvalue weighted by Gasteiger charge is -2.10. The number of hydrogen-bond acceptors (Lipinski definition) is 2. The molecule has 94 valence electrons. The Kier molecular flexibility index (Phi) is 4.95. The average Bonchev–Trinajstić information content (AvgIpc) is 2.23. The fourth-order valence-corrected chi connectivity index (χ4v) is 1.54. The van der Waals surface area contributed by atoms with E-state index in [0.717, 1.165) is 12.1 Å². The molecular weight excluding hydrogens is 303 g/mol. The molecule has 0 radical (unpaired) electrons. The van der Waals surface area contributed by atoms with Gasteiger partial charge in [0.15, 0.2) is 0 Å². The van der Waals surface area contributed by atoms with Gasteiger partial charge in [-0.1, -0.05) is 15.9 Å². The average molecular weight is 312 g/mol. The summed E-state index contributed by atoms with van der Waals surface area (Å²) in [5.41, 5.74) is -0.0154. The van der Waals surface area contributed by atoms with Crippen LogP contribution in [-0.4, -0.2) is 30.1 Å². The SMILES string of the molecule is O=C(NCC(O)C(F)F)c1cc(F)cc(Br)c1. The molecule has 0 aliphatic heterocycles. The molecule has 1 atom stereocenters. The molecule has 0 saturated carbocycles. The van der Waals surface area contributed by atoms with Crippen LogP contribution in [-0.2, 0) is 0 Å². The number of amides is 1. The van der Waals surface area contributed by atoms with Gasteiger partial charge in [-0.3, -0.25) is 4.79 Å².